The molecule has 814 valence electrons. The summed E-state index contributed by atoms with van der Waals surface area (Å²) >= 11 is 11.4. The molecular weight excluding hydrogens is 1920 g/mol. The molecule has 0 unspecified atom stereocenters. The molecule has 0 aromatic heterocycles. The maximum absolute atomic E-state index is 14.1. The third-order valence-electron chi connectivity index (χ3n) is 32.6. The quantitative estimate of drug-likeness (QED) is 0.0402. The van der Waals surface area contributed by atoms with E-state index in [1.807, 2.05) is 6.08 Å². The van der Waals surface area contributed by atoms with Crippen LogP contribution < -0.4 is 18.9 Å². The van der Waals surface area contributed by atoms with Gasteiger partial charge >= 0.3 is 12.2 Å². The fourth-order valence-electron chi connectivity index (χ4n) is 22.0. The molecule has 0 atom stereocenters. The van der Waals surface area contributed by atoms with Crippen molar-refractivity contribution in [3.8, 4) is 23.0 Å². The van der Waals surface area contributed by atoms with Crippen molar-refractivity contribution < 1.29 is 116 Å². The lowest BCUT2D eigenvalue weighted by Gasteiger charge is -2.37. The summed E-state index contributed by atoms with van der Waals surface area (Å²) in [6.07, 6.45) is 33.4. The Bertz CT molecular complexity index is 5170. The molecule has 9 aliphatic carbocycles. The van der Waals surface area contributed by atoms with Gasteiger partial charge < -0.3 is 18.9 Å². The highest BCUT2D eigenvalue weighted by atomic mass is 35.5. The second kappa shape index (κ2) is 55.5. The first kappa shape index (κ1) is 118. The Kier molecular flexibility index (Phi) is 45.4. The predicted molar refractivity (Wildman–Crippen MR) is 560 cm³/mol. The minimum Gasteiger partial charge on any atom is -0.490 e. The zero-order valence-corrected chi connectivity index (χ0v) is 88.2. The number of benzene rings is 7. The van der Waals surface area contributed by atoms with Crippen LogP contribution in [0.1, 0.15) is 362 Å². The van der Waals surface area contributed by atoms with Gasteiger partial charge in [0.15, 0.2) is 87.0 Å². The second-order valence-electron chi connectivity index (χ2n) is 44.0. The number of alkyl halides is 4. The zero-order valence-electron chi connectivity index (χ0n) is 86.7. The van der Waals surface area contributed by atoms with Crippen molar-refractivity contribution in [3.63, 3.8) is 0 Å². The standard InChI is InChI=1S/2C21H28F2O.C17H22F2O.2C15H18ClF3O.C15H20F2O.C15H18F2O.9H2/c2*1-13-3-6-15(7-4-13)16-8-10-17(11-9-16)21(24)18-12-5-14(2)19(22)20(18)23;1-12-5-8-14(9-6-12)4-3-11-20-15-10-7-13(2)16(18)17(15)19;1-9-3-6-11(7-4-9)15(18,19)20-12-8-5-10(2)14(17)13(12)16;1-9-3-6-11(7-4-9)15(18,19)20-12-8-5-10(2)13(16)14(12)17;1-10-3-6-12(7-4-10)9-18-13-8-5-11(2)14(16)15(13)17;1-9-3-6-11(7-4-9)15(18)12-8-5-10(2)13(16)14(12)17;;;;;;;;;/h2*5,12-13,15-17H,3-4,6-11H2,1-2H3;3-4,7,10,12,14H,5-6,8-9,11H2,1-2H3;2*5,8-9,11H,3-4,6-7H2,1-2H3;5,8,10,12H,3-4,6-7,9H2,1-2H3;5,8-9,11H,3-4,6-7H2,1-2H3;9*1H/b;;4-3+;;;;;;;;;;;;;. The van der Waals surface area contributed by atoms with E-state index in [1.165, 1.54) is 203 Å². The number of allylic oxidation sites excluding steroid dienone is 1. The molecule has 0 amide bonds. The van der Waals surface area contributed by atoms with Crippen LogP contribution in [-0.2, 0) is 0 Å². The van der Waals surface area contributed by atoms with E-state index in [4.69, 9.17) is 37.4 Å². The first-order valence-electron chi connectivity index (χ1n) is 53.0. The molecule has 0 radical (unpaired) electrons. The molecule has 7 nitrogen and oxygen atoms in total. The van der Waals surface area contributed by atoms with Gasteiger partial charge in [-0.05, 0) is 348 Å². The average molecular weight is 2090 g/mol. The van der Waals surface area contributed by atoms with Crippen molar-refractivity contribution in [1.29, 1.82) is 0 Å². The SMILES string of the molecule is Cc1ccc(C(=O)C2CCC(C)CC2)c(F)c1F.Cc1ccc(C(=O)C2CCC(C3CCC(C)CC3)CC2)c(F)c1F.Cc1ccc(C(=O)C2CCC(C3CCC(C)CC3)CC2)c(F)c1F.Cc1ccc(OC(F)(F)C2CCC(C)CC2)c(Cl)c1F.Cc1ccc(OC(F)(F)C2CCC(C)CC2)c(F)c1Cl.Cc1ccc(OC/C=C/C2CCC(C)CC2)c(F)c1F.Cc1ccc(OCC2CCC(C)CC2)c(F)c1F.[HH].[HH].[HH].[HH].[HH].[HH].[HH].[HH].[HH]. The normalized spacial score (nSPS) is 26.1. The van der Waals surface area contributed by atoms with Gasteiger partial charge in [0.1, 0.15) is 23.2 Å². The van der Waals surface area contributed by atoms with Crippen LogP contribution in [0, 0.1) is 225 Å². The van der Waals surface area contributed by atoms with Gasteiger partial charge in [0.05, 0.1) is 40.2 Å². The first-order valence-corrected chi connectivity index (χ1v) is 53.8. The minimum absolute atomic E-state index is 0. The lowest BCUT2D eigenvalue weighted by atomic mass is 9.68. The molecule has 0 spiro atoms. The Morgan fingerprint density at radius 2 is 0.542 bits per heavy atom. The van der Waals surface area contributed by atoms with Crippen molar-refractivity contribution in [3.05, 3.63) is 233 Å². The number of carbonyl (C=O) groups excluding carboxylic acids is 3. The van der Waals surface area contributed by atoms with Crippen LogP contribution in [0.5, 0.6) is 23.0 Å². The molecule has 9 aliphatic rings. The van der Waals surface area contributed by atoms with Crippen LogP contribution in [0.25, 0.3) is 0 Å². The van der Waals surface area contributed by atoms with Gasteiger partial charge in [0.2, 0.25) is 11.6 Å². The van der Waals surface area contributed by atoms with E-state index in [2.05, 4.69) is 59.3 Å². The van der Waals surface area contributed by atoms with Crippen molar-refractivity contribution in [2.75, 3.05) is 13.2 Å². The Morgan fingerprint density at radius 1 is 0.285 bits per heavy atom. The van der Waals surface area contributed by atoms with Gasteiger partial charge in [-0.3, -0.25) is 14.4 Å². The van der Waals surface area contributed by atoms with Crippen LogP contribution in [0.2, 0.25) is 10.0 Å². The fourth-order valence-corrected chi connectivity index (χ4v) is 22.4. The van der Waals surface area contributed by atoms with Crippen molar-refractivity contribution in [2.45, 2.75) is 340 Å². The van der Waals surface area contributed by atoms with Crippen LogP contribution in [-0.4, -0.2) is 42.8 Å². The van der Waals surface area contributed by atoms with Gasteiger partial charge in [-0.25, -0.2) is 43.9 Å². The van der Waals surface area contributed by atoms with Crippen LogP contribution in [0.3, 0.4) is 0 Å². The maximum atomic E-state index is 14.1. The van der Waals surface area contributed by atoms with Gasteiger partial charge in [0.25, 0.3) is 0 Å². The number of hydrogen-bond acceptors (Lipinski definition) is 7. The highest BCUT2D eigenvalue weighted by Gasteiger charge is 2.47. The molecule has 7 aromatic rings. The van der Waals surface area contributed by atoms with Crippen molar-refractivity contribution in [1.82, 2.24) is 0 Å². The highest BCUT2D eigenvalue weighted by molar-refractivity contribution is 6.32. The summed E-state index contributed by atoms with van der Waals surface area (Å²) in [6.45, 7) is 27.0. The van der Waals surface area contributed by atoms with E-state index >= 15 is 0 Å². The summed E-state index contributed by atoms with van der Waals surface area (Å²) in [6, 6.07) is 20.2. The molecule has 0 saturated heterocycles. The van der Waals surface area contributed by atoms with Crippen LogP contribution >= 0.6 is 23.2 Å². The van der Waals surface area contributed by atoms with Crippen LogP contribution in [0.15, 0.2) is 97.1 Å². The van der Waals surface area contributed by atoms with Gasteiger partial charge in [-0.2, -0.15) is 26.3 Å². The summed E-state index contributed by atoms with van der Waals surface area (Å²) in [4.78, 5) is 37.4. The second-order valence-corrected chi connectivity index (χ2v) is 44.7. The molecule has 144 heavy (non-hydrogen) atoms. The van der Waals surface area contributed by atoms with E-state index in [1.54, 1.807) is 19.9 Å². The van der Waals surface area contributed by atoms with E-state index in [9.17, 15) is 84.6 Å². The van der Waals surface area contributed by atoms with Gasteiger partial charge in [-0.1, -0.05) is 216 Å². The average Bonchev–Trinajstić information content (AvgIpc) is 0.810. The Labute approximate surface area is 868 Å². The number of rotatable bonds is 21. The molecule has 0 heterocycles. The van der Waals surface area contributed by atoms with Crippen LogP contribution in [0.4, 0.5) is 70.2 Å². The number of aryl methyl sites for hydroxylation is 7. The lowest BCUT2D eigenvalue weighted by molar-refractivity contribution is -0.224. The molecule has 7 aromatic carbocycles. The van der Waals surface area contributed by atoms with Gasteiger partial charge in [-0.15, -0.1) is 0 Å². The molecule has 0 N–H and O–H groups in total. The largest absolute Gasteiger partial charge is 0.490 e. The van der Waals surface area contributed by atoms with Gasteiger partial charge in [0, 0.05) is 30.6 Å². The fraction of sp³-hybridized carbons (Fsp3) is 0.605. The molecular formula is C119H170Cl2F16O7. The predicted octanol–water partition coefficient (Wildman–Crippen LogP) is 39.4. The summed E-state index contributed by atoms with van der Waals surface area (Å²) in [5, 5.41) is -0.551. The molecule has 0 bridgehead atoms. The number of ether oxygens (including phenoxy) is 4. The number of Topliss-reactive ketones (excluding diaryl/α,β-unsaturated/α-hetero) is 3. The number of halogens is 18. The monoisotopic (exact) mass is 2090 g/mol. The highest BCUT2D eigenvalue weighted by Crippen LogP contribution is 2.49. The van der Waals surface area contributed by atoms with Crippen molar-refractivity contribution >= 4 is 40.6 Å². The smallest absolute Gasteiger partial charge is 0.400 e. The summed E-state index contributed by atoms with van der Waals surface area (Å²) < 4.78 is 241. The topological polar surface area (TPSA) is 88.1 Å². The molecule has 0 aliphatic heterocycles. The Hall–Kier alpha value is -8.05. The molecule has 9 fully saturated rings. The summed E-state index contributed by atoms with van der Waals surface area (Å²) in [7, 11) is 0. The number of ketones is 3. The summed E-state index contributed by atoms with van der Waals surface area (Å²) in [5.74, 6) is -5.07. The maximum Gasteiger partial charge on any atom is 0.400 e. The Morgan fingerprint density at radius 3 is 0.896 bits per heavy atom. The summed E-state index contributed by atoms with van der Waals surface area (Å²) in [5.41, 5.74) is 1.93. The minimum atomic E-state index is -3.36. The molecule has 25 heteroatoms. The zero-order chi connectivity index (χ0) is 105. The lowest BCUT2D eigenvalue weighted by Crippen LogP contribution is -2.37. The van der Waals surface area contributed by atoms with E-state index in [-0.39, 0.29) is 115 Å². The first-order chi connectivity index (χ1) is 68.2. The van der Waals surface area contributed by atoms with E-state index in [0.29, 0.717) is 84.1 Å². The number of hydrogen-bond donors (Lipinski definition) is 0. The molecule has 16 rings (SSSR count). The third-order valence-corrected chi connectivity index (χ3v) is 33.4. The van der Waals surface area contributed by atoms with E-state index < -0.39 is 99.6 Å². The number of carbonyl (C=O) groups is 3. The molecule has 9 saturated carbocycles. The Balaban J connectivity index is 0.000000886. The van der Waals surface area contributed by atoms with E-state index in [0.717, 1.165) is 163 Å². The third kappa shape index (κ3) is 33.2. The van der Waals surface area contributed by atoms with Crippen molar-refractivity contribution in [2.24, 2.45) is 107 Å².